The molecular formula is C12H17N3O. The minimum atomic E-state index is -0.569. The van der Waals surface area contributed by atoms with Crippen LogP contribution in [0.3, 0.4) is 0 Å². The predicted octanol–water partition coefficient (Wildman–Crippen LogP) is 1.54. The Morgan fingerprint density at radius 3 is 2.88 bits per heavy atom. The SMILES string of the molecule is C=CCC(N)C(=O)Nc1cc(C)cc(C)n1. The summed E-state index contributed by atoms with van der Waals surface area (Å²) >= 11 is 0. The van der Waals surface area contributed by atoms with Crippen molar-refractivity contribution in [2.75, 3.05) is 5.32 Å². The summed E-state index contributed by atoms with van der Waals surface area (Å²) in [4.78, 5) is 15.8. The lowest BCUT2D eigenvalue weighted by atomic mass is 10.2. The molecule has 0 saturated heterocycles. The topological polar surface area (TPSA) is 68.0 Å². The minimum Gasteiger partial charge on any atom is -0.320 e. The minimum absolute atomic E-state index is 0.239. The Labute approximate surface area is 95.6 Å². The first-order valence-corrected chi connectivity index (χ1v) is 5.15. The van der Waals surface area contributed by atoms with Crippen LogP contribution in [-0.2, 0) is 4.79 Å². The van der Waals surface area contributed by atoms with E-state index in [0.29, 0.717) is 12.2 Å². The maximum atomic E-state index is 11.6. The fourth-order valence-electron chi connectivity index (χ4n) is 1.41. The van der Waals surface area contributed by atoms with E-state index in [-0.39, 0.29) is 5.91 Å². The standard InChI is InChI=1S/C12H17N3O/c1-4-5-10(13)12(16)15-11-7-8(2)6-9(3)14-11/h4,6-7,10H,1,5,13H2,2-3H3,(H,14,15,16). The highest BCUT2D eigenvalue weighted by molar-refractivity contribution is 5.94. The molecule has 0 bridgehead atoms. The van der Waals surface area contributed by atoms with E-state index in [2.05, 4.69) is 16.9 Å². The lowest BCUT2D eigenvalue weighted by molar-refractivity contribution is -0.117. The summed E-state index contributed by atoms with van der Waals surface area (Å²) in [5.41, 5.74) is 7.56. The van der Waals surface area contributed by atoms with Gasteiger partial charge in [0.2, 0.25) is 5.91 Å². The molecule has 0 aliphatic rings. The molecule has 1 atom stereocenters. The number of carbonyl (C=O) groups excluding carboxylic acids is 1. The lowest BCUT2D eigenvalue weighted by Crippen LogP contribution is -2.35. The first-order valence-electron chi connectivity index (χ1n) is 5.15. The maximum absolute atomic E-state index is 11.6. The number of nitrogens with zero attached hydrogens (tertiary/aromatic N) is 1. The van der Waals surface area contributed by atoms with Crippen LogP contribution in [0.25, 0.3) is 0 Å². The van der Waals surface area contributed by atoms with E-state index in [0.717, 1.165) is 11.3 Å². The second kappa shape index (κ2) is 5.42. The van der Waals surface area contributed by atoms with Gasteiger partial charge in [0.1, 0.15) is 5.82 Å². The summed E-state index contributed by atoms with van der Waals surface area (Å²) in [5.74, 6) is 0.305. The highest BCUT2D eigenvalue weighted by atomic mass is 16.2. The van der Waals surface area contributed by atoms with Gasteiger partial charge in [-0.25, -0.2) is 4.98 Å². The van der Waals surface area contributed by atoms with Crippen molar-refractivity contribution >= 4 is 11.7 Å². The summed E-state index contributed by atoms with van der Waals surface area (Å²) in [7, 11) is 0. The summed E-state index contributed by atoms with van der Waals surface area (Å²) in [6.07, 6.45) is 2.08. The van der Waals surface area contributed by atoms with Crippen LogP contribution in [-0.4, -0.2) is 16.9 Å². The van der Waals surface area contributed by atoms with E-state index in [1.54, 1.807) is 6.08 Å². The van der Waals surface area contributed by atoms with Crippen molar-refractivity contribution < 1.29 is 4.79 Å². The summed E-state index contributed by atoms with van der Waals surface area (Å²) < 4.78 is 0. The smallest absolute Gasteiger partial charge is 0.242 e. The number of hydrogen-bond acceptors (Lipinski definition) is 3. The van der Waals surface area contributed by atoms with Crippen molar-refractivity contribution in [3.05, 3.63) is 36.0 Å². The molecular weight excluding hydrogens is 202 g/mol. The van der Waals surface area contributed by atoms with Crippen molar-refractivity contribution in [2.24, 2.45) is 5.73 Å². The molecule has 1 aromatic heterocycles. The van der Waals surface area contributed by atoms with Crippen LogP contribution in [0.1, 0.15) is 17.7 Å². The third kappa shape index (κ3) is 3.47. The monoisotopic (exact) mass is 219 g/mol. The molecule has 4 nitrogen and oxygen atoms in total. The third-order valence-corrected chi connectivity index (χ3v) is 2.11. The molecule has 3 N–H and O–H groups in total. The number of rotatable bonds is 4. The van der Waals surface area contributed by atoms with Crippen molar-refractivity contribution in [3.8, 4) is 0 Å². The van der Waals surface area contributed by atoms with E-state index >= 15 is 0 Å². The zero-order valence-electron chi connectivity index (χ0n) is 9.66. The van der Waals surface area contributed by atoms with Crippen LogP contribution < -0.4 is 11.1 Å². The van der Waals surface area contributed by atoms with Gasteiger partial charge >= 0.3 is 0 Å². The fraction of sp³-hybridized carbons (Fsp3) is 0.333. The van der Waals surface area contributed by atoms with E-state index in [1.165, 1.54) is 0 Å². The largest absolute Gasteiger partial charge is 0.320 e. The molecule has 1 amide bonds. The van der Waals surface area contributed by atoms with Crippen LogP contribution in [0.15, 0.2) is 24.8 Å². The van der Waals surface area contributed by atoms with Gasteiger partial charge in [0, 0.05) is 5.69 Å². The quantitative estimate of drug-likeness (QED) is 0.755. The summed E-state index contributed by atoms with van der Waals surface area (Å²) in [5, 5.41) is 2.69. The summed E-state index contributed by atoms with van der Waals surface area (Å²) in [6, 6.07) is 3.19. The number of aromatic nitrogens is 1. The van der Waals surface area contributed by atoms with Crippen molar-refractivity contribution in [2.45, 2.75) is 26.3 Å². The second-order valence-electron chi connectivity index (χ2n) is 3.79. The van der Waals surface area contributed by atoms with Crippen molar-refractivity contribution in [1.29, 1.82) is 0 Å². The van der Waals surface area contributed by atoms with Gasteiger partial charge in [-0.15, -0.1) is 6.58 Å². The Morgan fingerprint density at radius 2 is 2.31 bits per heavy atom. The van der Waals surface area contributed by atoms with Crippen LogP contribution >= 0.6 is 0 Å². The Hall–Kier alpha value is -1.68. The first-order chi connectivity index (χ1) is 7.52. The first kappa shape index (κ1) is 12.4. The average molecular weight is 219 g/mol. The zero-order chi connectivity index (χ0) is 12.1. The molecule has 0 aliphatic carbocycles. The molecule has 0 fully saturated rings. The van der Waals surface area contributed by atoms with E-state index in [1.807, 2.05) is 26.0 Å². The van der Waals surface area contributed by atoms with Gasteiger partial charge < -0.3 is 11.1 Å². The number of anilines is 1. The number of aryl methyl sites for hydroxylation is 2. The molecule has 4 heteroatoms. The van der Waals surface area contributed by atoms with Gasteiger partial charge in [-0.05, 0) is 38.0 Å². The number of hydrogen-bond donors (Lipinski definition) is 2. The van der Waals surface area contributed by atoms with Gasteiger partial charge in [0.25, 0.3) is 0 Å². The third-order valence-electron chi connectivity index (χ3n) is 2.11. The number of amides is 1. The van der Waals surface area contributed by atoms with E-state index in [9.17, 15) is 4.79 Å². The highest BCUT2D eigenvalue weighted by Crippen LogP contribution is 2.09. The molecule has 0 spiro atoms. The molecule has 1 rings (SSSR count). The van der Waals surface area contributed by atoms with E-state index < -0.39 is 6.04 Å². The second-order valence-corrected chi connectivity index (χ2v) is 3.79. The number of pyridine rings is 1. The Balaban J connectivity index is 2.72. The normalized spacial score (nSPS) is 11.9. The van der Waals surface area contributed by atoms with Crippen molar-refractivity contribution in [3.63, 3.8) is 0 Å². The summed E-state index contributed by atoms with van der Waals surface area (Å²) in [6.45, 7) is 7.38. The Bertz CT molecular complexity index is 381. The molecule has 0 aliphatic heterocycles. The number of nitrogens with one attached hydrogen (secondary N) is 1. The Morgan fingerprint density at radius 1 is 1.62 bits per heavy atom. The maximum Gasteiger partial charge on any atom is 0.242 e. The average Bonchev–Trinajstić information content (AvgIpc) is 2.16. The number of carbonyl (C=O) groups is 1. The fourth-order valence-corrected chi connectivity index (χ4v) is 1.41. The molecule has 0 radical (unpaired) electrons. The lowest BCUT2D eigenvalue weighted by Gasteiger charge is -2.10. The van der Waals surface area contributed by atoms with Crippen LogP contribution in [0.4, 0.5) is 5.82 Å². The van der Waals surface area contributed by atoms with Gasteiger partial charge in [0.05, 0.1) is 6.04 Å². The van der Waals surface area contributed by atoms with E-state index in [4.69, 9.17) is 5.73 Å². The molecule has 1 unspecified atom stereocenters. The zero-order valence-corrected chi connectivity index (χ0v) is 9.66. The molecule has 86 valence electrons. The van der Waals surface area contributed by atoms with Gasteiger partial charge in [-0.2, -0.15) is 0 Å². The molecule has 1 heterocycles. The molecule has 1 aromatic rings. The Kier molecular flexibility index (Phi) is 4.19. The molecule has 0 saturated carbocycles. The van der Waals surface area contributed by atoms with Gasteiger partial charge in [-0.1, -0.05) is 6.08 Å². The van der Waals surface area contributed by atoms with Gasteiger partial charge in [-0.3, -0.25) is 4.79 Å². The highest BCUT2D eigenvalue weighted by Gasteiger charge is 2.12. The van der Waals surface area contributed by atoms with Crippen molar-refractivity contribution in [1.82, 2.24) is 4.98 Å². The molecule has 0 aromatic carbocycles. The van der Waals surface area contributed by atoms with Crippen LogP contribution in [0, 0.1) is 13.8 Å². The number of nitrogens with two attached hydrogens (primary N) is 1. The van der Waals surface area contributed by atoms with Crippen LogP contribution in [0.2, 0.25) is 0 Å². The van der Waals surface area contributed by atoms with Crippen LogP contribution in [0.5, 0.6) is 0 Å². The predicted molar refractivity (Wildman–Crippen MR) is 65.1 cm³/mol. The van der Waals surface area contributed by atoms with Gasteiger partial charge in [0.15, 0.2) is 0 Å². The molecule has 16 heavy (non-hydrogen) atoms.